The van der Waals surface area contributed by atoms with Crippen molar-refractivity contribution in [1.82, 2.24) is 4.98 Å². The Bertz CT molecular complexity index is 442. The molecule has 0 aromatic carbocycles. The van der Waals surface area contributed by atoms with E-state index in [9.17, 15) is 0 Å². The second-order valence-electron chi connectivity index (χ2n) is 6.36. The number of aryl methyl sites for hydroxylation is 1. The minimum Gasteiger partial charge on any atom is -0.378 e. The van der Waals surface area contributed by atoms with Crippen LogP contribution in [0, 0.1) is 5.92 Å². The first-order valence-electron chi connectivity index (χ1n) is 8.09. The number of fused-ring (bicyclic) bond motifs is 1. The molecule has 110 valence electrons. The van der Waals surface area contributed by atoms with Gasteiger partial charge >= 0.3 is 0 Å². The lowest BCUT2D eigenvalue weighted by atomic mass is 9.73. The van der Waals surface area contributed by atoms with Crippen molar-refractivity contribution in [3.63, 3.8) is 0 Å². The molecule has 2 N–H and O–H groups in total. The Labute approximate surface area is 121 Å². The third-order valence-corrected chi connectivity index (χ3v) is 4.96. The molecule has 1 saturated carbocycles. The standard InChI is InChI=1S/C17H26N2O/c1-2-20-14-9-12(10-14)11-16(18)15-7-3-5-13-6-4-8-19-17(13)15/h4,6,8,12,14-16H,2-3,5,7,9-11,18H2,1H3. The zero-order valence-electron chi connectivity index (χ0n) is 12.4. The van der Waals surface area contributed by atoms with Crippen LogP contribution in [0.15, 0.2) is 18.3 Å². The van der Waals surface area contributed by atoms with Crippen LogP contribution in [0.3, 0.4) is 0 Å². The maximum absolute atomic E-state index is 6.51. The van der Waals surface area contributed by atoms with Crippen LogP contribution in [0.1, 0.15) is 56.2 Å². The molecule has 1 fully saturated rings. The first-order chi connectivity index (χ1) is 9.78. The molecular formula is C17H26N2O. The lowest BCUT2D eigenvalue weighted by molar-refractivity contribution is -0.0288. The van der Waals surface area contributed by atoms with Crippen molar-refractivity contribution < 1.29 is 4.74 Å². The van der Waals surface area contributed by atoms with Crippen LogP contribution in [0.5, 0.6) is 0 Å². The van der Waals surface area contributed by atoms with Gasteiger partial charge in [0.25, 0.3) is 0 Å². The van der Waals surface area contributed by atoms with Crippen LogP contribution >= 0.6 is 0 Å². The quantitative estimate of drug-likeness (QED) is 0.897. The maximum Gasteiger partial charge on any atom is 0.0580 e. The van der Waals surface area contributed by atoms with Gasteiger partial charge in [0.05, 0.1) is 6.10 Å². The van der Waals surface area contributed by atoms with E-state index >= 15 is 0 Å². The monoisotopic (exact) mass is 274 g/mol. The number of rotatable bonds is 5. The Morgan fingerprint density at radius 3 is 3.10 bits per heavy atom. The van der Waals surface area contributed by atoms with Gasteiger partial charge in [-0.25, -0.2) is 0 Å². The summed E-state index contributed by atoms with van der Waals surface area (Å²) in [4.78, 5) is 4.61. The molecular weight excluding hydrogens is 248 g/mol. The summed E-state index contributed by atoms with van der Waals surface area (Å²) in [6.45, 7) is 2.91. The molecule has 2 aliphatic rings. The Hall–Kier alpha value is -0.930. The Balaban J connectivity index is 1.57. The molecule has 0 saturated heterocycles. The fourth-order valence-electron chi connectivity index (χ4n) is 3.85. The topological polar surface area (TPSA) is 48.1 Å². The van der Waals surface area contributed by atoms with Crippen LogP contribution in [0.25, 0.3) is 0 Å². The summed E-state index contributed by atoms with van der Waals surface area (Å²) in [7, 11) is 0. The average molecular weight is 274 g/mol. The second-order valence-corrected chi connectivity index (χ2v) is 6.36. The molecule has 0 amide bonds. The van der Waals surface area contributed by atoms with E-state index < -0.39 is 0 Å². The highest BCUT2D eigenvalue weighted by atomic mass is 16.5. The smallest absolute Gasteiger partial charge is 0.0580 e. The van der Waals surface area contributed by atoms with Crippen LogP contribution in [-0.2, 0) is 11.2 Å². The summed E-state index contributed by atoms with van der Waals surface area (Å²) in [5.74, 6) is 1.22. The number of nitrogens with zero attached hydrogens (tertiary/aromatic N) is 1. The van der Waals surface area contributed by atoms with E-state index in [0.717, 1.165) is 18.9 Å². The van der Waals surface area contributed by atoms with Gasteiger partial charge in [-0.3, -0.25) is 4.98 Å². The number of nitrogens with two attached hydrogens (primary N) is 1. The SMILES string of the molecule is CCOC1CC(CC(N)C2CCCc3cccnc32)C1. The van der Waals surface area contributed by atoms with Crippen molar-refractivity contribution in [2.75, 3.05) is 6.61 Å². The summed E-state index contributed by atoms with van der Waals surface area (Å²) < 4.78 is 5.64. The highest BCUT2D eigenvalue weighted by molar-refractivity contribution is 5.27. The lowest BCUT2D eigenvalue weighted by Gasteiger charge is -2.38. The van der Waals surface area contributed by atoms with Crippen molar-refractivity contribution in [1.29, 1.82) is 0 Å². The van der Waals surface area contributed by atoms with Crippen LogP contribution in [-0.4, -0.2) is 23.7 Å². The first-order valence-corrected chi connectivity index (χ1v) is 8.09. The van der Waals surface area contributed by atoms with Gasteiger partial charge in [0.15, 0.2) is 0 Å². The molecule has 0 aliphatic heterocycles. The molecule has 1 aromatic rings. The molecule has 3 nitrogen and oxygen atoms in total. The van der Waals surface area contributed by atoms with Gasteiger partial charge < -0.3 is 10.5 Å². The summed E-state index contributed by atoms with van der Waals surface area (Å²) in [6, 6.07) is 4.53. The predicted octanol–water partition coefficient (Wildman–Crippen LogP) is 3.03. The molecule has 2 aliphatic carbocycles. The van der Waals surface area contributed by atoms with Gasteiger partial charge in [-0.05, 0) is 63.0 Å². The van der Waals surface area contributed by atoms with Crippen molar-refractivity contribution in [2.24, 2.45) is 11.7 Å². The normalized spacial score (nSPS) is 30.4. The Morgan fingerprint density at radius 1 is 1.45 bits per heavy atom. The molecule has 3 rings (SSSR count). The van der Waals surface area contributed by atoms with Gasteiger partial charge in [0, 0.05) is 30.5 Å². The molecule has 0 spiro atoms. The summed E-state index contributed by atoms with van der Waals surface area (Å²) in [6.07, 6.45) is 9.56. The lowest BCUT2D eigenvalue weighted by Crippen LogP contribution is -2.39. The van der Waals surface area contributed by atoms with Crippen LogP contribution in [0.2, 0.25) is 0 Å². The minimum absolute atomic E-state index is 0.261. The number of ether oxygens (including phenoxy) is 1. The van der Waals surface area contributed by atoms with E-state index in [1.165, 1.54) is 43.4 Å². The molecule has 0 bridgehead atoms. The van der Waals surface area contributed by atoms with Gasteiger partial charge in [-0.1, -0.05) is 6.07 Å². The molecule has 1 heterocycles. The fourth-order valence-corrected chi connectivity index (χ4v) is 3.85. The van der Waals surface area contributed by atoms with Crippen molar-refractivity contribution in [3.8, 4) is 0 Å². The number of aromatic nitrogens is 1. The second kappa shape index (κ2) is 6.23. The molecule has 3 heteroatoms. The van der Waals surface area contributed by atoms with Crippen molar-refractivity contribution in [2.45, 2.75) is 63.5 Å². The van der Waals surface area contributed by atoms with E-state index in [0.29, 0.717) is 12.0 Å². The third-order valence-electron chi connectivity index (χ3n) is 4.96. The van der Waals surface area contributed by atoms with Crippen molar-refractivity contribution in [3.05, 3.63) is 29.6 Å². The van der Waals surface area contributed by atoms with Gasteiger partial charge in [0.2, 0.25) is 0 Å². The van der Waals surface area contributed by atoms with E-state index in [4.69, 9.17) is 10.5 Å². The Kier molecular flexibility index (Phi) is 4.37. The summed E-state index contributed by atoms with van der Waals surface area (Å²) in [5.41, 5.74) is 9.20. The largest absolute Gasteiger partial charge is 0.378 e. The molecule has 2 atom stereocenters. The van der Waals surface area contributed by atoms with E-state index in [-0.39, 0.29) is 6.04 Å². The zero-order chi connectivity index (χ0) is 13.9. The van der Waals surface area contributed by atoms with E-state index in [2.05, 4.69) is 18.0 Å². The highest BCUT2D eigenvalue weighted by Crippen LogP contribution is 2.38. The molecule has 1 aromatic heterocycles. The predicted molar refractivity (Wildman–Crippen MR) is 80.6 cm³/mol. The minimum atomic E-state index is 0.261. The molecule has 20 heavy (non-hydrogen) atoms. The summed E-state index contributed by atoms with van der Waals surface area (Å²) >= 11 is 0. The van der Waals surface area contributed by atoms with Crippen LogP contribution in [0.4, 0.5) is 0 Å². The number of pyridine rings is 1. The molecule has 0 radical (unpaired) electrons. The van der Waals surface area contributed by atoms with E-state index in [1.807, 2.05) is 12.3 Å². The fraction of sp³-hybridized carbons (Fsp3) is 0.706. The van der Waals surface area contributed by atoms with Crippen molar-refractivity contribution >= 4 is 0 Å². The first kappa shape index (κ1) is 14.0. The Morgan fingerprint density at radius 2 is 2.30 bits per heavy atom. The van der Waals surface area contributed by atoms with Gasteiger partial charge in [0.1, 0.15) is 0 Å². The average Bonchev–Trinajstić information content (AvgIpc) is 2.44. The van der Waals surface area contributed by atoms with E-state index in [1.54, 1.807) is 0 Å². The number of hydrogen-bond acceptors (Lipinski definition) is 3. The van der Waals surface area contributed by atoms with Gasteiger partial charge in [-0.2, -0.15) is 0 Å². The van der Waals surface area contributed by atoms with Crippen LogP contribution < -0.4 is 5.73 Å². The maximum atomic E-state index is 6.51. The summed E-state index contributed by atoms with van der Waals surface area (Å²) in [5, 5.41) is 0. The number of hydrogen-bond donors (Lipinski definition) is 1. The van der Waals surface area contributed by atoms with Gasteiger partial charge in [-0.15, -0.1) is 0 Å². The third kappa shape index (κ3) is 2.89. The zero-order valence-corrected chi connectivity index (χ0v) is 12.4. The highest BCUT2D eigenvalue weighted by Gasteiger charge is 2.34. The molecule has 2 unspecified atom stereocenters.